The molecule has 0 saturated carbocycles. The maximum absolute atomic E-state index is 12.6. The minimum absolute atomic E-state index is 0.0174. The molecule has 1 aliphatic rings. The lowest BCUT2D eigenvalue weighted by molar-refractivity contribution is -0.116. The Labute approximate surface area is 189 Å². The van der Waals surface area contributed by atoms with Gasteiger partial charge in [0.05, 0.1) is 37.8 Å². The van der Waals surface area contributed by atoms with Crippen LogP contribution in [-0.2, 0) is 9.53 Å². The maximum Gasteiger partial charge on any atom is 0.224 e. The van der Waals surface area contributed by atoms with Crippen LogP contribution in [-0.4, -0.2) is 51.2 Å². The highest BCUT2D eigenvalue weighted by Gasteiger charge is 2.20. The number of benzene rings is 2. The second kappa shape index (κ2) is 12.5. The van der Waals surface area contributed by atoms with Gasteiger partial charge in [-0.3, -0.25) is 4.79 Å². The van der Waals surface area contributed by atoms with Crippen molar-refractivity contribution < 1.29 is 19.0 Å². The molecule has 0 bridgehead atoms. The standard InChI is InChI=1S/C24H32N2O4S/c1-3-29-22-18-21(26-12-14-28-15-13-26)23(30-4-2)17-20(22)25-24(27)11-8-16-31-19-9-6-5-7-10-19/h5-7,9-10,17-18H,3-4,8,11-16H2,1-2H3,(H,25,27). The van der Waals surface area contributed by atoms with Crippen molar-refractivity contribution >= 4 is 29.0 Å². The van der Waals surface area contributed by atoms with Gasteiger partial charge in [0.25, 0.3) is 0 Å². The first-order valence-electron chi connectivity index (χ1n) is 10.9. The first kappa shape index (κ1) is 23.3. The number of nitrogens with zero attached hydrogens (tertiary/aromatic N) is 1. The molecular formula is C24H32N2O4S. The van der Waals surface area contributed by atoms with Crippen LogP contribution in [0.3, 0.4) is 0 Å². The van der Waals surface area contributed by atoms with Crippen LogP contribution in [0.5, 0.6) is 11.5 Å². The molecule has 2 aromatic rings. The van der Waals surface area contributed by atoms with Gasteiger partial charge in [-0.1, -0.05) is 18.2 Å². The molecule has 1 fully saturated rings. The highest BCUT2D eigenvalue weighted by Crippen LogP contribution is 2.39. The Morgan fingerprint density at radius 2 is 1.77 bits per heavy atom. The maximum atomic E-state index is 12.6. The molecule has 0 spiro atoms. The van der Waals surface area contributed by atoms with Crippen molar-refractivity contribution in [3.05, 3.63) is 42.5 Å². The molecule has 0 aromatic heterocycles. The van der Waals surface area contributed by atoms with Crippen LogP contribution in [0, 0.1) is 0 Å². The van der Waals surface area contributed by atoms with E-state index >= 15 is 0 Å². The molecule has 1 aliphatic heterocycles. The molecule has 1 saturated heterocycles. The Balaban J connectivity index is 1.65. The number of ether oxygens (including phenoxy) is 3. The number of hydrogen-bond acceptors (Lipinski definition) is 6. The molecule has 168 valence electrons. The molecule has 0 unspecified atom stereocenters. The third kappa shape index (κ3) is 7.08. The molecule has 0 atom stereocenters. The minimum Gasteiger partial charge on any atom is -0.492 e. The molecule has 31 heavy (non-hydrogen) atoms. The van der Waals surface area contributed by atoms with Crippen LogP contribution < -0.4 is 19.7 Å². The number of carbonyl (C=O) groups is 1. The number of thioether (sulfide) groups is 1. The lowest BCUT2D eigenvalue weighted by Gasteiger charge is -2.31. The molecule has 1 N–H and O–H groups in total. The van der Waals surface area contributed by atoms with E-state index in [1.807, 2.05) is 44.2 Å². The van der Waals surface area contributed by atoms with Crippen molar-refractivity contribution in [2.45, 2.75) is 31.6 Å². The van der Waals surface area contributed by atoms with Crippen molar-refractivity contribution in [3.8, 4) is 11.5 Å². The van der Waals surface area contributed by atoms with Gasteiger partial charge in [0, 0.05) is 36.5 Å². The predicted octanol–water partition coefficient (Wildman–Crippen LogP) is 4.83. The van der Waals surface area contributed by atoms with E-state index in [1.54, 1.807) is 11.8 Å². The van der Waals surface area contributed by atoms with Crippen LogP contribution in [0.25, 0.3) is 0 Å². The second-order valence-corrected chi connectivity index (χ2v) is 8.26. The molecule has 0 aliphatic carbocycles. The molecule has 3 rings (SSSR count). The molecule has 6 nitrogen and oxygen atoms in total. The summed E-state index contributed by atoms with van der Waals surface area (Å²) < 4.78 is 17.2. The van der Waals surface area contributed by atoms with E-state index in [0.29, 0.717) is 44.3 Å². The zero-order valence-electron chi connectivity index (χ0n) is 18.4. The average molecular weight is 445 g/mol. The molecular weight excluding hydrogens is 412 g/mol. The fourth-order valence-corrected chi connectivity index (χ4v) is 4.27. The lowest BCUT2D eigenvalue weighted by Crippen LogP contribution is -2.36. The van der Waals surface area contributed by atoms with Gasteiger partial charge >= 0.3 is 0 Å². The smallest absolute Gasteiger partial charge is 0.224 e. The summed E-state index contributed by atoms with van der Waals surface area (Å²) in [6, 6.07) is 14.1. The largest absolute Gasteiger partial charge is 0.492 e. The van der Waals surface area contributed by atoms with Gasteiger partial charge in [-0.2, -0.15) is 0 Å². The van der Waals surface area contributed by atoms with Crippen molar-refractivity contribution in [1.82, 2.24) is 0 Å². The number of rotatable bonds is 11. The summed E-state index contributed by atoms with van der Waals surface area (Å²) in [7, 11) is 0. The van der Waals surface area contributed by atoms with Crippen LogP contribution in [0.2, 0.25) is 0 Å². The van der Waals surface area contributed by atoms with E-state index in [2.05, 4.69) is 22.3 Å². The van der Waals surface area contributed by atoms with Gasteiger partial charge < -0.3 is 24.4 Å². The summed E-state index contributed by atoms with van der Waals surface area (Å²) >= 11 is 1.77. The first-order chi connectivity index (χ1) is 15.2. The first-order valence-corrected chi connectivity index (χ1v) is 11.9. The third-order valence-electron chi connectivity index (χ3n) is 4.85. The summed E-state index contributed by atoms with van der Waals surface area (Å²) in [5.41, 5.74) is 1.63. The van der Waals surface area contributed by atoms with E-state index in [9.17, 15) is 4.79 Å². The Morgan fingerprint density at radius 3 is 2.48 bits per heavy atom. The van der Waals surface area contributed by atoms with Crippen LogP contribution in [0.15, 0.2) is 47.4 Å². The predicted molar refractivity (Wildman–Crippen MR) is 127 cm³/mol. The minimum atomic E-state index is -0.0174. The van der Waals surface area contributed by atoms with Crippen molar-refractivity contribution in [1.29, 1.82) is 0 Å². The number of amides is 1. The second-order valence-electron chi connectivity index (χ2n) is 7.09. The monoisotopic (exact) mass is 444 g/mol. The fourth-order valence-electron chi connectivity index (χ4n) is 3.40. The molecule has 0 radical (unpaired) electrons. The van der Waals surface area contributed by atoms with E-state index in [4.69, 9.17) is 14.2 Å². The van der Waals surface area contributed by atoms with Crippen molar-refractivity contribution in [2.75, 3.05) is 55.5 Å². The Bertz CT molecular complexity index is 826. The Morgan fingerprint density at radius 1 is 1.06 bits per heavy atom. The summed E-state index contributed by atoms with van der Waals surface area (Å²) in [4.78, 5) is 16.1. The highest BCUT2D eigenvalue weighted by molar-refractivity contribution is 7.99. The van der Waals surface area contributed by atoms with Crippen LogP contribution >= 0.6 is 11.8 Å². The number of hydrogen-bond donors (Lipinski definition) is 1. The SMILES string of the molecule is CCOc1cc(N2CCOCC2)c(OCC)cc1NC(=O)CCCSc1ccccc1. The van der Waals surface area contributed by atoms with Crippen molar-refractivity contribution in [2.24, 2.45) is 0 Å². The molecule has 2 aromatic carbocycles. The molecule has 1 amide bonds. The average Bonchev–Trinajstić information content (AvgIpc) is 2.80. The van der Waals surface area contributed by atoms with Gasteiger partial charge in [0.2, 0.25) is 5.91 Å². The quantitative estimate of drug-likeness (QED) is 0.396. The van der Waals surface area contributed by atoms with Crippen LogP contribution in [0.1, 0.15) is 26.7 Å². The van der Waals surface area contributed by atoms with Gasteiger partial charge in [0.1, 0.15) is 11.5 Å². The van der Waals surface area contributed by atoms with Gasteiger partial charge in [-0.05, 0) is 38.2 Å². The Kier molecular flexibility index (Phi) is 9.37. The van der Waals surface area contributed by atoms with Gasteiger partial charge in [-0.25, -0.2) is 0 Å². The normalized spacial score (nSPS) is 13.7. The number of morpholine rings is 1. The molecule has 1 heterocycles. The van der Waals surface area contributed by atoms with Gasteiger partial charge in [-0.15, -0.1) is 11.8 Å². The number of nitrogens with one attached hydrogen (secondary N) is 1. The fraction of sp³-hybridized carbons (Fsp3) is 0.458. The number of carbonyl (C=O) groups excluding carboxylic acids is 1. The summed E-state index contributed by atoms with van der Waals surface area (Å²) in [5, 5.41) is 3.03. The van der Waals surface area contributed by atoms with Crippen LogP contribution in [0.4, 0.5) is 11.4 Å². The van der Waals surface area contributed by atoms with Gasteiger partial charge in [0.15, 0.2) is 0 Å². The van der Waals surface area contributed by atoms with E-state index < -0.39 is 0 Å². The molecule has 7 heteroatoms. The summed E-state index contributed by atoms with van der Waals surface area (Å²) in [5.74, 6) is 2.30. The summed E-state index contributed by atoms with van der Waals surface area (Å²) in [6.45, 7) is 7.96. The van der Waals surface area contributed by atoms with E-state index in [1.165, 1.54) is 4.90 Å². The zero-order valence-corrected chi connectivity index (χ0v) is 19.2. The van der Waals surface area contributed by atoms with Crippen molar-refractivity contribution in [3.63, 3.8) is 0 Å². The zero-order chi connectivity index (χ0) is 21.9. The van der Waals surface area contributed by atoms with E-state index in [-0.39, 0.29) is 5.91 Å². The Hall–Kier alpha value is -2.38. The highest BCUT2D eigenvalue weighted by atomic mass is 32.2. The summed E-state index contributed by atoms with van der Waals surface area (Å²) in [6.07, 6.45) is 1.26. The topological polar surface area (TPSA) is 60.0 Å². The third-order valence-corrected chi connectivity index (χ3v) is 5.95. The van der Waals surface area contributed by atoms with E-state index in [0.717, 1.165) is 36.7 Å². The number of anilines is 2. The lowest BCUT2D eigenvalue weighted by atomic mass is 10.2.